The maximum Gasteiger partial charge on any atom is 0.214 e. The summed E-state index contributed by atoms with van der Waals surface area (Å²) in [4.78, 5) is 0. The topological polar surface area (TPSA) is 87.2 Å². The highest BCUT2D eigenvalue weighted by Crippen LogP contribution is 2.31. The van der Waals surface area contributed by atoms with E-state index >= 15 is 0 Å². The van der Waals surface area contributed by atoms with Gasteiger partial charge < -0.3 is 5.73 Å². The number of nitrogens with two attached hydrogens (primary N) is 1. The fraction of sp³-hybridized carbons (Fsp3) is 0.909. The van der Waals surface area contributed by atoms with Crippen molar-refractivity contribution in [2.24, 2.45) is 11.1 Å². The molecule has 1 aliphatic heterocycles. The maximum atomic E-state index is 12.0. The SMILES string of the molecule is CCCCS(=O)(=O)N1CCC(C)(C(=N)N)CC1. The van der Waals surface area contributed by atoms with Crippen LogP contribution in [0.1, 0.15) is 39.5 Å². The van der Waals surface area contributed by atoms with Gasteiger partial charge in [0.2, 0.25) is 10.0 Å². The fourth-order valence-electron chi connectivity index (χ4n) is 1.98. The summed E-state index contributed by atoms with van der Waals surface area (Å²) in [6.07, 6.45) is 2.89. The number of hydrogen-bond acceptors (Lipinski definition) is 3. The van der Waals surface area contributed by atoms with Crippen LogP contribution in [0, 0.1) is 10.8 Å². The number of nitrogens with zero attached hydrogens (tertiary/aromatic N) is 1. The van der Waals surface area contributed by atoms with Crippen molar-refractivity contribution in [1.29, 1.82) is 5.41 Å². The van der Waals surface area contributed by atoms with E-state index < -0.39 is 10.0 Å². The van der Waals surface area contributed by atoms with E-state index in [1.54, 1.807) is 4.31 Å². The molecule has 0 aromatic rings. The van der Waals surface area contributed by atoms with Crippen LogP contribution in [-0.4, -0.2) is 37.4 Å². The fourth-order valence-corrected chi connectivity index (χ4v) is 3.63. The van der Waals surface area contributed by atoms with Crippen LogP contribution in [0.25, 0.3) is 0 Å². The van der Waals surface area contributed by atoms with Crippen LogP contribution < -0.4 is 5.73 Å². The van der Waals surface area contributed by atoms with E-state index in [2.05, 4.69) is 0 Å². The monoisotopic (exact) mass is 261 g/mol. The van der Waals surface area contributed by atoms with Gasteiger partial charge in [0.25, 0.3) is 0 Å². The van der Waals surface area contributed by atoms with Crippen molar-refractivity contribution in [2.75, 3.05) is 18.8 Å². The number of amidine groups is 1. The van der Waals surface area contributed by atoms with Gasteiger partial charge in [-0.25, -0.2) is 12.7 Å². The number of sulfonamides is 1. The van der Waals surface area contributed by atoms with Crippen LogP contribution in [-0.2, 0) is 10.0 Å². The highest BCUT2D eigenvalue weighted by atomic mass is 32.2. The van der Waals surface area contributed by atoms with Crippen LogP contribution in [0.5, 0.6) is 0 Å². The van der Waals surface area contributed by atoms with Crippen molar-refractivity contribution in [3.05, 3.63) is 0 Å². The second kappa shape index (κ2) is 5.35. The summed E-state index contributed by atoms with van der Waals surface area (Å²) in [5.74, 6) is 0.406. The Labute approximate surface area is 104 Å². The molecule has 6 heteroatoms. The Morgan fingerprint density at radius 3 is 2.35 bits per heavy atom. The van der Waals surface area contributed by atoms with Crippen molar-refractivity contribution in [3.63, 3.8) is 0 Å². The van der Waals surface area contributed by atoms with Crippen molar-refractivity contribution in [2.45, 2.75) is 39.5 Å². The lowest BCUT2D eigenvalue weighted by molar-refractivity contribution is 0.240. The summed E-state index contributed by atoms with van der Waals surface area (Å²) < 4.78 is 25.5. The quantitative estimate of drug-likeness (QED) is 0.575. The van der Waals surface area contributed by atoms with E-state index in [1.807, 2.05) is 13.8 Å². The molecule has 1 saturated heterocycles. The molecule has 0 saturated carbocycles. The van der Waals surface area contributed by atoms with Gasteiger partial charge in [-0.15, -0.1) is 0 Å². The van der Waals surface area contributed by atoms with Crippen molar-refractivity contribution >= 4 is 15.9 Å². The highest BCUT2D eigenvalue weighted by molar-refractivity contribution is 7.89. The van der Waals surface area contributed by atoms with Gasteiger partial charge in [-0.2, -0.15) is 0 Å². The minimum atomic E-state index is -3.10. The van der Waals surface area contributed by atoms with Crippen LogP contribution in [0.2, 0.25) is 0 Å². The molecule has 0 aromatic heterocycles. The third-order valence-corrected chi connectivity index (χ3v) is 5.58. The molecule has 0 spiro atoms. The molecular formula is C11H23N3O2S. The Balaban J connectivity index is 2.60. The zero-order valence-electron chi connectivity index (χ0n) is 10.7. The summed E-state index contributed by atoms with van der Waals surface area (Å²) in [5.41, 5.74) is 5.23. The third kappa shape index (κ3) is 3.42. The average Bonchev–Trinajstić information content (AvgIpc) is 2.27. The van der Waals surface area contributed by atoms with Crippen molar-refractivity contribution in [3.8, 4) is 0 Å². The van der Waals surface area contributed by atoms with Crippen LogP contribution in [0.15, 0.2) is 0 Å². The van der Waals surface area contributed by atoms with Crippen molar-refractivity contribution in [1.82, 2.24) is 4.31 Å². The minimum absolute atomic E-state index is 0.170. The van der Waals surface area contributed by atoms with Gasteiger partial charge in [-0.1, -0.05) is 20.3 Å². The molecule has 3 N–H and O–H groups in total. The first-order valence-corrected chi connectivity index (χ1v) is 7.75. The smallest absolute Gasteiger partial charge is 0.214 e. The largest absolute Gasteiger partial charge is 0.387 e. The van der Waals surface area contributed by atoms with Gasteiger partial charge in [-0.05, 0) is 19.3 Å². The Morgan fingerprint density at radius 2 is 1.94 bits per heavy atom. The zero-order chi connectivity index (χ0) is 13.1. The molecule has 0 aliphatic carbocycles. The average molecular weight is 261 g/mol. The molecule has 0 atom stereocenters. The van der Waals surface area contributed by atoms with Gasteiger partial charge >= 0.3 is 0 Å². The number of piperidine rings is 1. The standard InChI is InChI=1S/C11H23N3O2S/c1-3-4-9-17(15,16)14-7-5-11(2,6-8-14)10(12)13/h3-9H2,1-2H3,(H3,12,13). The molecule has 0 bridgehead atoms. The second-order valence-corrected chi connectivity index (χ2v) is 7.13. The van der Waals surface area contributed by atoms with Crippen molar-refractivity contribution < 1.29 is 8.42 Å². The normalized spacial score (nSPS) is 21.3. The molecule has 0 unspecified atom stereocenters. The second-order valence-electron chi connectivity index (χ2n) is 5.04. The van der Waals surface area contributed by atoms with Gasteiger partial charge in [0.15, 0.2) is 0 Å². The first-order chi connectivity index (χ1) is 7.82. The predicted molar refractivity (Wildman–Crippen MR) is 69.5 cm³/mol. The van der Waals surface area contributed by atoms with Gasteiger partial charge in [-0.3, -0.25) is 5.41 Å². The molecule has 0 aromatic carbocycles. The van der Waals surface area contributed by atoms with Crippen LogP contribution in [0.4, 0.5) is 0 Å². The number of rotatable bonds is 5. The summed E-state index contributed by atoms with van der Waals surface area (Å²) in [6.45, 7) is 4.90. The lowest BCUT2D eigenvalue weighted by Crippen LogP contribution is -2.47. The summed E-state index contributed by atoms with van der Waals surface area (Å²) >= 11 is 0. The minimum Gasteiger partial charge on any atom is -0.387 e. The molecule has 1 heterocycles. The molecule has 100 valence electrons. The van der Waals surface area contributed by atoms with Crippen LogP contribution >= 0.6 is 0 Å². The van der Waals surface area contributed by atoms with E-state index in [4.69, 9.17) is 11.1 Å². The molecule has 0 radical (unpaired) electrons. The Bertz CT molecular complexity index is 370. The lowest BCUT2D eigenvalue weighted by Gasteiger charge is -2.37. The van der Waals surface area contributed by atoms with E-state index in [-0.39, 0.29) is 17.0 Å². The first-order valence-electron chi connectivity index (χ1n) is 6.14. The molecule has 5 nitrogen and oxygen atoms in total. The first kappa shape index (κ1) is 14.4. The predicted octanol–water partition coefficient (Wildman–Crippen LogP) is 1.15. The summed E-state index contributed by atoms with van der Waals surface area (Å²) in [6, 6.07) is 0. The summed E-state index contributed by atoms with van der Waals surface area (Å²) in [5, 5.41) is 7.53. The molecular weight excluding hydrogens is 238 g/mol. The van der Waals surface area contributed by atoms with E-state index in [0.29, 0.717) is 32.4 Å². The molecule has 1 rings (SSSR count). The number of unbranched alkanes of at least 4 members (excludes halogenated alkanes) is 1. The Kier molecular flexibility index (Phi) is 4.55. The molecule has 1 fully saturated rings. The Morgan fingerprint density at radius 1 is 1.41 bits per heavy atom. The van der Waals surface area contributed by atoms with Gasteiger partial charge in [0.1, 0.15) is 0 Å². The molecule has 17 heavy (non-hydrogen) atoms. The van der Waals surface area contributed by atoms with Crippen LogP contribution in [0.3, 0.4) is 0 Å². The third-order valence-electron chi connectivity index (χ3n) is 3.63. The zero-order valence-corrected chi connectivity index (χ0v) is 11.5. The Hall–Kier alpha value is -0.620. The van der Waals surface area contributed by atoms with Gasteiger partial charge in [0, 0.05) is 18.5 Å². The van der Waals surface area contributed by atoms with E-state index in [0.717, 1.165) is 6.42 Å². The number of hydrogen-bond donors (Lipinski definition) is 2. The molecule has 1 aliphatic rings. The maximum absolute atomic E-state index is 12.0. The summed E-state index contributed by atoms with van der Waals surface area (Å²) in [7, 11) is -3.10. The highest BCUT2D eigenvalue weighted by Gasteiger charge is 2.36. The van der Waals surface area contributed by atoms with E-state index in [1.165, 1.54) is 0 Å². The van der Waals surface area contributed by atoms with Gasteiger partial charge in [0.05, 0.1) is 11.6 Å². The molecule has 0 amide bonds. The number of nitrogens with one attached hydrogen (secondary N) is 1. The lowest BCUT2D eigenvalue weighted by atomic mass is 9.80. The van der Waals surface area contributed by atoms with E-state index in [9.17, 15) is 8.42 Å².